The van der Waals surface area contributed by atoms with E-state index in [0.717, 1.165) is 13.1 Å². The topological polar surface area (TPSA) is 27.8 Å². The molecule has 0 bridgehead atoms. The number of para-hydroxylation sites is 1. The van der Waals surface area contributed by atoms with E-state index in [1.807, 2.05) is 0 Å². The van der Waals surface area contributed by atoms with Crippen LogP contribution < -0.4 is 5.32 Å². The highest BCUT2D eigenvalue weighted by atomic mass is 14.9. The van der Waals surface area contributed by atoms with Gasteiger partial charge in [0.2, 0.25) is 0 Å². The molecule has 1 heterocycles. The zero-order valence-corrected chi connectivity index (χ0v) is 10.4. The fraction of sp³-hybridized carbons (Fsp3) is 0.467. The summed E-state index contributed by atoms with van der Waals surface area (Å²) in [7, 11) is 0. The Balaban J connectivity index is 1.65. The molecule has 2 heteroatoms. The summed E-state index contributed by atoms with van der Waals surface area (Å²) >= 11 is 0. The summed E-state index contributed by atoms with van der Waals surface area (Å²) in [6.45, 7) is 4.50. The average Bonchev–Trinajstić information content (AvgIpc) is 2.71. The zero-order valence-electron chi connectivity index (χ0n) is 10.4. The largest absolute Gasteiger partial charge is 0.361 e. The van der Waals surface area contributed by atoms with Crippen molar-refractivity contribution in [3.05, 3.63) is 36.0 Å². The molecule has 1 aliphatic rings. The van der Waals surface area contributed by atoms with Gasteiger partial charge in [0, 0.05) is 30.2 Å². The summed E-state index contributed by atoms with van der Waals surface area (Å²) in [5.41, 5.74) is 3.18. The van der Waals surface area contributed by atoms with Crippen molar-refractivity contribution in [2.45, 2.75) is 32.7 Å². The smallest absolute Gasteiger partial charge is 0.0457 e. The number of hydrogen-bond acceptors (Lipinski definition) is 1. The van der Waals surface area contributed by atoms with Crippen LogP contribution in [-0.2, 0) is 6.54 Å². The monoisotopic (exact) mass is 228 g/mol. The van der Waals surface area contributed by atoms with Gasteiger partial charge in [-0.2, -0.15) is 0 Å². The molecule has 0 radical (unpaired) electrons. The van der Waals surface area contributed by atoms with E-state index in [1.165, 1.54) is 35.7 Å². The third kappa shape index (κ3) is 2.09. The standard InChI is InChI=1S/C15H20N2/c1-15(7-4-8-15)11-16-9-12-10-17-14-6-3-2-5-13(12)14/h2-3,5-6,10,16-17H,4,7-9,11H2,1H3. The third-order valence-corrected chi connectivity index (χ3v) is 4.10. The van der Waals surface area contributed by atoms with Crippen LogP contribution >= 0.6 is 0 Å². The molecule has 1 aromatic heterocycles. The summed E-state index contributed by atoms with van der Waals surface area (Å²) in [6, 6.07) is 8.50. The highest BCUT2D eigenvalue weighted by Crippen LogP contribution is 2.39. The van der Waals surface area contributed by atoms with Crippen LogP contribution in [0.25, 0.3) is 10.9 Å². The highest BCUT2D eigenvalue weighted by molar-refractivity contribution is 5.82. The third-order valence-electron chi connectivity index (χ3n) is 4.10. The van der Waals surface area contributed by atoms with Gasteiger partial charge in [-0.25, -0.2) is 0 Å². The molecule has 0 aliphatic heterocycles. The number of rotatable bonds is 4. The van der Waals surface area contributed by atoms with E-state index in [9.17, 15) is 0 Å². The minimum atomic E-state index is 0.562. The Hall–Kier alpha value is -1.28. The van der Waals surface area contributed by atoms with Crippen molar-refractivity contribution >= 4 is 10.9 Å². The summed E-state index contributed by atoms with van der Waals surface area (Å²) in [5, 5.41) is 4.95. The zero-order chi connectivity index (χ0) is 11.7. The lowest BCUT2D eigenvalue weighted by Gasteiger charge is -2.38. The maximum atomic E-state index is 3.60. The molecule has 1 saturated carbocycles. The first-order valence-electron chi connectivity index (χ1n) is 6.53. The quantitative estimate of drug-likeness (QED) is 0.824. The SMILES string of the molecule is CC1(CNCc2c[nH]c3ccccc23)CCC1. The maximum absolute atomic E-state index is 3.60. The summed E-state index contributed by atoms with van der Waals surface area (Å²) in [4.78, 5) is 3.32. The van der Waals surface area contributed by atoms with Crippen LogP contribution in [-0.4, -0.2) is 11.5 Å². The van der Waals surface area contributed by atoms with Crippen molar-refractivity contribution in [1.29, 1.82) is 0 Å². The molecule has 2 nitrogen and oxygen atoms in total. The molecule has 0 atom stereocenters. The van der Waals surface area contributed by atoms with Crippen LogP contribution in [0.5, 0.6) is 0 Å². The van der Waals surface area contributed by atoms with Gasteiger partial charge in [-0.3, -0.25) is 0 Å². The van der Waals surface area contributed by atoms with Gasteiger partial charge in [-0.05, 0) is 29.9 Å². The fourth-order valence-corrected chi connectivity index (χ4v) is 2.73. The van der Waals surface area contributed by atoms with E-state index in [0.29, 0.717) is 5.41 Å². The average molecular weight is 228 g/mol. The predicted molar refractivity (Wildman–Crippen MR) is 72.0 cm³/mol. The molecular formula is C15H20N2. The lowest BCUT2D eigenvalue weighted by atomic mass is 9.70. The second kappa shape index (κ2) is 4.19. The molecule has 1 aliphatic carbocycles. The second-order valence-corrected chi connectivity index (χ2v) is 5.63. The van der Waals surface area contributed by atoms with Crippen molar-refractivity contribution in [2.75, 3.05) is 6.54 Å². The molecule has 0 unspecified atom stereocenters. The summed E-state index contributed by atoms with van der Waals surface area (Å²) in [5.74, 6) is 0. The van der Waals surface area contributed by atoms with Crippen LogP contribution in [0.4, 0.5) is 0 Å². The first kappa shape index (κ1) is 10.8. The Kier molecular flexibility index (Phi) is 2.67. The van der Waals surface area contributed by atoms with Crippen LogP contribution in [0, 0.1) is 5.41 Å². The Morgan fingerprint density at radius 1 is 1.29 bits per heavy atom. The van der Waals surface area contributed by atoms with Gasteiger partial charge in [0.15, 0.2) is 0 Å². The van der Waals surface area contributed by atoms with Gasteiger partial charge in [0.25, 0.3) is 0 Å². The molecule has 2 N–H and O–H groups in total. The molecule has 1 aromatic carbocycles. The molecule has 1 fully saturated rings. The van der Waals surface area contributed by atoms with Gasteiger partial charge in [-0.15, -0.1) is 0 Å². The molecule has 0 saturated heterocycles. The van der Waals surface area contributed by atoms with Crippen LogP contribution in [0.3, 0.4) is 0 Å². The second-order valence-electron chi connectivity index (χ2n) is 5.63. The number of aromatic nitrogens is 1. The lowest BCUT2D eigenvalue weighted by molar-refractivity contribution is 0.156. The Bertz CT molecular complexity index is 508. The molecule has 2 aromatic rings. The Labute approximate surface area is 102 Å². The number of nitrogens with one attached hydrogen (secondary N) is 2. The predicted octanol–water partition coefficient (Wildman–Crippen LogP) is 3.45. The van der Waals surface area contributed by atoms with Gasteiger partial charge in [-0.1, -0.05) is 31.5 Å². The van der Waals surface area contributed by atoms with Gasteiger partial charge >= 0.3 is 0 Å². The van der Waals surface area contributed by atoms with Crippen molar-refractivity contribution in [3.63, 3.8) is 0 Å². The van der Waals surface area contributed by atoms with Crippen molar-refractivity contribution in [3.8, 4) is 0 Å². The van der Waals surface area contributed by atoms with Gasteiger partial charge in [0.1, 0.15) is 0 Å². The molecule has 90 valence electrons. The minimum Gasteiger partial charge on any atom is -0.361 e. The van der Waals surface area contributed by atoms with E-state index in [2.05, 4.69) is 47.7 Å². The Morgan fingerprint density at radius 3 is 2.88 bits per heavy atom. The normalized spacial score (nSPS) is 18.2. The molecule has 17 heavy (non-hydrogen) atoms. The molecule has 3 rings (SSSR count). The van der Waals surface area contributed by atoms with E-state index in [1.54, 1.807) is 0 Å². The number of fused-ring (bicyclic) bond motifs is 1. The first-order valence-corrected chi connectivity index (χ1v) is 6.53. The van der Waals surface area contributed by atoms with E-state index in [-0.39, 0.29) is 0 Å². The number of benzene rings is 1. The van der Waals surface area contributed by atoms with Gasteiger partial charge < -0.3 is 10.3 Å². The number of H-pyrrole nitrogens is 1. The van der Waals surface area contributed by atoms with Crippen molar-refractivity contribution < 1.29 is 0 Å². The Morgan fingerprint density at radius 2 is 2.12 bits per heavy atom. The summed E-state index contributed by atoms with van der Waals surface area (Å²) in [6.07, 6.45) is 6.30. The van der Waals surface area contributed by atoms with E-state index >= 15 is 0 Å². The molecular weight excluding hydrogens is 208 g/mol. The fourth-order valence-electron chi connectivity index (χ4n) is 2.73. The maximum Gasteiger partial charge on any atom is 0.0457 e. The highest BCUT2D eigenvalue weighted by Gasteiger charge is 2.30. The van der Waals surface area contributed by atoms with Crippen LogP contribution in [0.1, 0.15) is 31.7 Å². The number of aromatic amines is 1. The van der Waals surface area contributed by atoms with Crippen LogP contribution in [0.15, 0.2) is 30.5 Å². The molecule has 0 spiro atoms. The van der Waals surface area contributed by atoms with Crippen molar-refractivity contribution in [2.24, 2.45) is 5.41 Å². The van der Waals surface area contributed by atoms with E-state index in [4.69, 9.17) is 0 Å². The lowest BCUT2D eigenvalue weighted by Crippen LogP contribution is -2.36. The van der Waals surface area contributed by atoms with Crippen molar-refractivity contribution in [1.82, 2.24) is 10.3 Å². The first-order chi connectivity index (χ1) is 8.27. The minimum absolute atomic E-state index is 0.562. The van der Waals surface area contributed by atoms with Crippen LogP contribution in [0.2, 0.25) is 0 Å². The van der Waals surface area contributed by atoms with Gasteiger partial charge in [0.05, 0.1) is 0 Å². The molecule has 0 amide bonds. The summed E-state index contributed by atoms with van der Waals surface area (Å²) < 4.78 is 0. The number of hydrogen-bond donors (Lipinski definition) is 2. The van der Waals surface area contributed by atoms with E-state index < -0.39 is 0 Å².